The quantitative estimate of drug-likeness (QED) is 0.404. The third kappa shape index (κ3) is 3.21. The van der Waals surface area contributed by atoms with Gasteiger partial charge in [0.1, 0.15) is 17.7 Å². The van der Waals surface area contributed by atoms with Crippen molar-refractivity contribution in [3.63, 3.8) is 0 Å². The Morgan fingerprint density at radius 3 is 1.67 bits per heavy atom. The highest BCUT2D eigenvalue weighted by Crippen LogP contribution is 2.00. The van der Waals surface area contributed by atoms with Crippen molar-refractivity contribution in [2.45, 2.75) is 12.1 Å². The van der Waals surface area contributed by atoms with Crippen molar-refractivity contribution < 1.29 is 0 Å². The zero-order valence-corrected chi connectivity index (χ0v) is 8.09. The minimum absolute atomic E-state index is 0.260. The molecule has 0 aromatic rings. The largest absolute Gasteiger partial charge is 0.176 e. The van der Waals surface area contributed by atoms with E-state index in [2.05, 4.69) is 6.92 Å². The van der Waals surface area contributed by atoms with Crippen molar-refractivity contribution in [3.8, 4) is 0 Å². The highest BCUT2D eigenvalue weighted by Gasteiger charge is 1.95. The van der Waals surface area contributed by atoms with Gasteiger partial charge in [-0.2, -0.15) is 22.2 Å². The van der Waals surface area contributed by atoms with E-state index in [4.69, 9.17) is 22.2 Å². The lowest BCUT2D eigenvalue weighted by Crippen LogP contribution is -1.95. The first-order valence-corrected chi connectivity index (χ1v) is 7.84. The monoisotopic (exact) mass is 158 g/mol. The lowest BCUT2D eigenvalue weighted by Gasteiger charge is -1.92. The normalized spacial score (nSPS) is 18.5. The number of rotatable bonds is 2. The Labute approximate surface area is 52.3 Å². The summed E-state index contributed by atoms with van der Waals surface area (Å²) in [4.78, 5) is 0. The van der Waals surface area contributed by atoms with E-state index in [1.54, 1.807) is 0 Å². The molecule has 0 radical (unpaired) electrons. The average Bonchev–Trinajstić information content (AvgIpc) is 1.65. The third-order valence-corrected chi connectivity index (χ3v) is 8.67. The SMILES string of the molecule is CC([SiH2]Cl)[SiH2]Cl. The molecule has 0 N–H and O–H groups in total. The van der Waals surface area contributed by atoms with Crippen LogP contribution < -0.4 is 0 Å². The summed E-state index contributed by atoms with van der Waals surface area (Å²) in [6.45, 7) is 2.14. The molecule has 38 valence electrons. The predicted octanol–water partition coefficient (Wildman–Crippen LogP) is 0.397. The van der Waals surface area contributed by atoms with Crippen LogP contribution in [-0.2, 0) is 0 Å². The van der Waals surface area contributed by atoms with Crippen LogP contribution in [0.4, 0.5) is 0 Å². The highest BCUT2D eigenvalue weighted by atomic mass is 35.6. The molecule has 0 nitrogen and oxygen atoms in total. The number of hydrogen-bond donors (Lipinski definition) is 0. The van der Waals surface area contributed by atoms with Gasteiger partial charge >= 0.3 is 0 Å². The maximum absolute atomic E-state index is 5.54. The second-order valence-corrected chi connectivity index (χ2v) is 7.83. The van der Waals surface area contributed by atoms with Crippen molar-refractivity contribution in [1.29, 1.82) is 0 Å². The molecule has 0 aliphatic rings. The first-order valence-electron chi connectivity index (χ1n) is 1.93. The summed E-state index contributed by atoms with van der Waals surface area (Å²) < 4.78 is 0. The second kappa shape index (κ2) is 4.18. The summed E-state index contributed by atoms with van der Waals surface area (Å²) in [7, 11) is -0.519. The first kappa shape index (κ1) is 7.01. The molecule has 0 aromatic heterocycles. The summed E-state index contributed by atoms with van der Waals surface area (Å²) in [6.07, 6.45) is 0. The molecule has 0 rings (SSSR count). The molecule has 6 heavy (non-hydrogen) atoms. The van der Waals surface area contributed by atoms with Gasteiger partial charge in [0.05, 0.1) is 0 Å². The van der Waals surface area contributed by atoms with E-state index in [0.717, 1.165) is 5.16 Å². The Kier molecular flexibility index (Phi) is 4.89. The van der Waals surface area contributed by atoms with Crippen LogP contribution >= 0.6 is 22.2 Å². The zero-order valence-electron chi connectivity index (χ0n) is 3.75. The van der Waals surface area contributed by atoms with Gasteiger partial charge in [-0.15, -0.1) is 0 Å². The van der Waals surface area contributed by atoms with Crippen molar-refractivity contribution >= 4 is 39.8 Å². The molecule has 0 atom stereocenters. The van der Waals surface area contributed by atoms with Gasteiger partial charge in [0, 0.05) is 0 Å². The molecule has 4 heteroatoms. The van der Waals surface area contributed by atoms with Crippen LogP contribution in [0, 0.1) is 0 Å². The minimum Gasteiger partial charge on any atom is -0.176 e. The molecule has 0 spiro atoms. The Bertz CT molecular complexity index is 28.7. The second-order valence-electron chi connectivity index (χ2n) is 1.41. The first-order chi connectivity index (χ1) is 2.81. The van der Waals surface area contributed by atoms with Crippen LogP contribution in [0.5, 0.6) is 0 Å². The maximum atomic E-state index is 5.54. The van der Waals surface area contributed by atoms with E-state index < -0.39 is 0 Å². The highest BCUT2D eigenvalue weighted by molar-refractivity contribution is 7.07. The fourth-order valence-corrected chi connectivity index (χ4v) is 3.34. The Hall–Kier alpha value is 1.01. The van der Waals surface area contributed by atoms with E-state index in [9.17, 15) is 0 Å². The molecule has 0 amide bonds. The van der Waals surface area contributed by atoms with Gasteiger partial charge in [-0.1, -0.05) is 6.92 Å². The summed E-state index contributed by atoms with van der Waals surface area (Å²) in [6, 6.07) is 0. The van der Waals surface area contributed by atoms with Gasteiger partial charge < -0.3 is 0 Å². The summed E-state index contributed by atoms with van der Waals surface area (Å²) >= 11 is 11.1. The molecule has 0 unspecified atom stereocenters. The van der Waals surface area contributed by atoms with Crippen LogP contribution in [0.1, 0.15) is 6.92 Å². The molecule has 0 saturated heterocycles. The van der Waals surface area contributed by atoms with Gasteiger partial charge in [-0.05, 0) is 5.16 Å². The molecule has 0 bridgehead atoms. The Morgan fingerprint density at radius 2 is 1.67 bits per heavy atom. The van der Waals surface area contributed by atoms with Crippen molar-refractivity contribution in [3.05, 3.63) is 0 Å². The fourth-order valence-electron chi connectivity index (χ4n) is 0.0412. The van der Waals surface area contributed by atoms with Gasteiger partial charge in [0.25, 0.3) is 0 Å². The molecule has 0 fully saturated rings. The molecule has 0 aliphatic carbocycles. The summed E-state index contributed by atoms with van der Waals surface area (Å²) in [5.74, 6) is 0. The molecular formula is C2H8Cl2Si2. The van der Waals surface area contributed by atoms with Gasteiger partial charge in [0.2, 0.25) is 0 Å². The topological polar surface area (TPSA) is 0 Å². The van der Waals surface area contributed by atoms with E-state index in [-0.39, 0.29) is 17.7 Å². The Balaban J connectivity index is 2.75. The van der Waals surface area contributed by atoms with Crippen LogP contribution in [0.25, 0.3) is 0 Å². The lowest BCUT2D eigenvalue weighted by molar-refractivity contribution is 1.35. The van der Waals surface area contributed by atoms with E-state index in [1.807, 2.05) is 0 Å². The molecule has 0 saturated carbocycles. The summed E-state index contributed by atoms with van der Waals surface area (Å²) in [5, 5.41) is 0.744. The summed E-state index contributed by atoms with van der Waals surface area (Å²) in [5.41, 5.74) is 0. The molecular weight excluding hydrogens is 151 g/mol. The third-order valence-electron chi connectivity index (χ3n) is 0.527. The van der Waals surface area contributed by atoms with E-state index in [0.29, 0.717) is 0 Å². The average molecular weight is 159 g/mol. The van der Waals surface area contributed by atoms with Gasteiger partial charge in [-0.3, -0.25) is 0 Å². The van der Waals surface area contributed by atoms with Crippen molar-refractivity contribution in [1.82, 2.24) is 0 Å². The smallest absolute Gasteiger partial charge is 0.126 e. The maximum Gasteiger partial charge on any atom is 0.126 e. The van der Waals surface area contributed by atoms with Crippen LogP contribution in [0.2, 0.25) is 5.16 Å². The molecule has 0 aromatic carbocycles. The minimum atomic E-state index is -0.260. The van der Waals surface area contributed by atoms with E-state index >= 15 is 0 Å². The van der Waals surface area contributed by atoms with Crippen molar-refractivity contribution in [2.75, 3.05) is 0 Å². The van der Waals surface area contributed by atoms with Crippen LogP contribution in [0.15, 0.2) is 0 Å². The molecule has 0 aliphatic heterocycles. The Morgan fingerprint density at radius 1 is 1.33 bits per heavy atom. The van der Waals surface area contributed by atoms with Crippen molar-refractivity contribution in [2.24, 2.45) is 0 Å². The predicted molar refractivity (Wildman–Crippen MR) is 38.2 cm³/mol. The standard InChI is InChI=1S/C2H8Cl2Si2/c1-2(5-3)6-4/h2H,5-6H2,1H3. The number of halogens is 2. The van der Waals surface area contributed by atoms with Crippen LogP contribution in [0.3, 0.4) is 0 Å². The van der Waals surface area contributed by atoms with E-state index in [1.165, 1.54) is 0 Å². The zero-order chi connectivity index (χ0) is 4.99. The number of hydrogen-bond acceptors (Lipinski definition) is 0. The van der Waals surface area contributed by atoms with Gasteiger partial charge in [0.15, 0.2) is 0 Å². The van der Waals surface area contributed by atoms with Crippen LogP contribution in [-0.4, -0.2) is 17.7 Å². The lowest BCUT2D eigenvalue weighted by atomic mass is 11.0. The fraction of sp³-hybridized carbons (Fsp3) is 1.00. The van der Waals surface area contributed by atoms with Gasteiger partial charge in [-0.25, -0.2) is 0 Å². The molecule has 0 heterocycles.